The number of nitrogens with one attached hydrogen (secondary N) is 1. The van der Waals surface area contributed by atoms with E-state index in [2.05, 4.69) is 10.7 Å². The highest BCUT2D eigenvalue weighted by Crippen LogP contribution is 2.39. The van der Waals surface area contributed by atoms with Crippen molar-refractivity contribution in [2.24, 2.45) is 0 Å². The molecule has 0 aromatic carbocycles. The number of thiophene rings is 1. The maximum Gasteiger partial charge on any atom is 0.104 e. The monoisotopic (exact) mass is 354 g/mol. The summed E-state index contributed by atoms with van der Waals surface area (Å²) in [6.07, 6.45) is 2.34. The number of halogens is 3. The van der Waals surface area contributed by atoms with E-state index in [0.29, 0.717) is 10.3 Å². The Morgan fingerprint density at radius 1 is 1.26 bits per heavy atom. The van der Waals surface area contributed by atoms with Gasteiger partial charge in [-0.2, -0.15) is 0 Å². The molecule has 2 nitrogen and oxygen atoms in total. The number of piperidine rings is 1. The van der Waals surface area contributed by atoms with E-state index in [1.54, 1.807) is 11.3 Å². The second-order valence-electron chi connectivity index (χ2n) is 4.33. The average molecular weight is 356 g/mol. The van der Waals surface area contributed by atoms with Gasteiger partial charge in [0.15, 0.2) is 0 Å². The molecule has 1 N–H and O–H groups in total. The molecule has 1 saturated heterocycles. The molecule has 0 spiro atoms. The summed E-state index contributed by atoms with van der Waals surface area (Å²) < 4.78 is 1.44. The van der Waals surface area contributed by atoms with Crippen LogP contribution in [-0.4, -0.2) is 18.1 Å². The molecule has 0 unspecified atom stereocenters. The highest BCUT2D eigenvalue weighted by atomic mass is 35.5. The largest absolute Gasteiger partial charge is 0.317 e. The van der Waals surface area contributed by atoms with Crippen molar-refractivity contribution in [1.29, 1.82) is 0 Å². The van der Waals surface area contributed by atoms with E-state index in [1.165, 1.54) is 29.2 Å². The second kappa shape index (κ2) is 6.74. The number of thiazole rings is 1. The van der Waals surface area contributed by atoms with Crippen LogP contribution in [0.15, 0.2) is 11.4 Å². The topological polar surface area (TPSA) is 24.9 Å². The Bertz CT molecular complexity index is 547. The molecule has 1 fully saturated rings. The van der Waals surface area contributed by atoms with Gasteiger partial charge in [-0.15, -0.1) is 35.1 Å². The zero-order valence-electron chi connectivity index (χ0n) is 9.99. The maximum atomic E-state index is 6.16. The fourth-order valence-corrected chi connectivity index (χ4v) is 4.66. The highest BCUT2D eigenvalue weighted by molar-refractivity contribution is 7.20. The minimum atomic E-state index is 0. The minimum absolute atomic E-state index is 0. The number of aromatic nitrogens is 1. The molecule has 3 rings (SSSR count). The van der Waals surface area contributed by atoms with Gasteiger partial charge in [0.25, 0.3) is 0 Å². The lowest BCUT2D eigenvalue weighted by Gasteiger charge is -2.20. The average Bonchev–Trinajstić information content (AvgIpc) is 2.97. The van der Waals surface area contributed by atoms with Crippen molar-refractivity contribution in [3.63, 3.8) is 0 Å². The Morgan fingerprint density at radius 2 is 2.00 bits per heavy atom. The molecule has 2 aromatic heterocycles. The number of hydrogen-bond donors (Lipinski definition) is 1. The number of hydrogen-bond acceptors (Lipinski definition) is 4. The molecule has 7 heteroatoms. The molecule has 1 aliphatic heterocycles. The lowest BCUT2D eigenvalue weighted by Crippen LogP contribution is -2.26. The Balaban J connectivity index is 0.00000133. The van der Waals surface area contributed by atoms with Gasteiger partial charge in [-0.25, -0.2) is 4.98 Å². The third kappa shape index (κ3) is 3.43. The van der Waals surface area contributed by atoms with Crippen LogP contribution in [0.25, 0.3) is 11.3 Å². The summed E-state index contributed by atoms with van der Waals surface area (Å²) in [5.74, 6) is 0.595. The van der Waals surface area contributed by atoms with Crippen molar-refractivity contribution in [1.82, 2.24) is 10.3 Å². The van der Waals surface area contributed by atoms with E-state index in [0.717, 1.165) is 28.7 Å². The summed E-state index contributed by atoms with van der Waals surface area (Å²) in [6, 6.07) is 1.90. The van der Waals surface area contributed by atoms with Crippen molar-refractivity contribution in [2.45, 2.75) is 18.8 Å². The van der Waals surface area contributed by atoms with Crippen LogP contribution in [0.1, 0.15) is 23.8 Å². The van der Waals surface area contributed by atoms with Crippen LogP contribution in [0.4, 0.5) is 0 Å². The van der Waals surface area contributed by atoms with Crippen LogP contribution in [0.2, 0.25) is 8.67 Å². The maximum absolute atomic E-state index is 6.16. The molecular formula is C12H13Cl3N2S2. The lowest BCUT2D eigenvalue weighted by atomic mass is 9.99. The first kappa shape index (κ1) is 15.5. The molecule has 0 atom stereocenters. The molecule has 104 valence electrons. The first-order chi connectivity index (χ1) is 8.74. The van der Waals surface area contributed by atoms with Gasteiger partial charge in [-0.3, -0.25) is 0 Å². The molecule has 3 heterocycles. The van der Waals surface area contributed by atoms with Gasteiger partial charge >= 0.3 is 0 Å². The summed E-state index contributed by atoms with van der Waals surface area (Å²) in [5.41, 5.74) is 1.92. The van der Waals surface area contributed by atoms with Crippen molar-refractivity contribution < 1.29 is 0 Å². The van der Waals surface area contributed by atoms with Crippen LogP contribution in [0, 0.1) is 0 Å². The summed E-state index contributed by atoms with van der Waals surface area (Å²) in [4.78, 5) is 4.73. The van der Waals surface area contributed by atoms with Gasteiger partial charge in [0.05, 0.1) is 15.0 Å². The Labute approximate surface area is 136 Å². The highest BCUT2D eigenvalue weighted by Gasteiger charge is 2.19. The molecule has 2 aromatic rings. The molecule has 0 radical (unpaired) electrons. The van der Waals surface area contributed by atoms with Crippen molar-refractivity contribution in [2.75, 3.05) is 13.1 Å². The van der Waals surface area contributed by atoms with Gasteiger partial charge in [-0.05, 0) is 32.0 Å². The predicted octanol–water partition coefficient (Wildman–Crippen LogP) is 5.07. The summed E-state index contributed by atoms with van der Waals surface area (Å²) in [7, 11) is 0. The van der Waals surface area contributed by atoms with E-state index in [-0.39, 0.29) is 12.4 Å². The van der Waals surface area contributed by atoms with Crippen molar-refractivity contribution in [3.05, 3.63) is 25.1 Å². The molecule has 19 heavy (non-hydrogen) atoms. The van der Waals surface area contributed by atoms with Crippen LogP contribution in [0.5, 0.6) is 0 Å². The predicted molar refractivity (Wildman–Crippen MR) is 87.5 cm³/mol. The third-order valence-electron chi connectivity index (χ3n) is 3.14. The number of rotatable bonds is 2. The van der Waals surface area contributed by atoms with E-state index < -0.39 is 0 Å². The molecule has 0 amide bonds. The Hall–Kier alpha value is 0.160. The van der Waals surface area contributed by atoms with Gasteiger partial charge in [0.2, 0.25) is 0 Å². The van der Waals surface area contributed by atoms with Crippen LogP contribution >= 0.6 is 58.3 Å². The summed E-state index contributed by atoms with van der Waals surface area (Å²) >= 11 is 15.3. The van der Waals surface area contributed by atoms with Crippen molar-refractivity contribution >= 4 is 58.3 Å². The molecule has 0 bridgehead atoms. The zero-order valence-corrected chi connectivity index (χ0v) is 13.9. The van der Waals surface area contributed by atoms with E-state index in [9.17, 15) is 0 Å². The third-order valence-corrected chi connectivity index (χ3v) is 5.64. The first-order valence-electron chi connectivity index (χ1n) is 5.85. The quantitative estimate of drug-likeness (QED) is 0.813. The van der Waals surface area contributed by atoms with Crippen LogP contribution in [-0.2, 0) is 0 Å². The first-order valence-corrected chi connectivity index (χ1v) is 8.30. The fourth-order valence-electron chi connectivity index (χ4n) is 2.18. The summed E-state index contributed by atoms with van der Waals surface area (Å²) in [5, 5.41) is 6.69. The van der Waals surface area contributed by atoms with E-state index in [4.69, 9.17) is 28.2 Å². The van der Waals surface area contributed by atoms with E-state index in [1.807, 2.05) is 6.07 Å². The van der Waals surface area contributed by atoms with Crippen molar-refractivity contribution in [3.8, 4) is 11.3 Å². The molecule has 0 aliphatic carbocycles. The SMILES string of the molecule is Cl.Clc1cc(-c2csc(C3CCNCC3)n2)c(Cl)s1. The standard InChI is InChI=1S/C12H12Cl2N2S2.ClH/c13-10-5-8(11(14)18-10)9-6-17-12(16-9)7-1-3-15-4-2-7;/h5-7,15H,1-4H2;1H. The smallest absolute Gasteiger partial charge is 0.104 e. The molecular weight excluding hydrogens is 343 g/mol. The van der Waals surface area contributed by atoms with E-state index >= 15 is 0 Å². The van der Waals surface area contributed by atoms with Gasteiger partial charge in [0.1, 0.15) is 4.34 Å². The van der Waals surface area contributed by atoms with Gasteiger partial charge in [0, 0.05) is 16.9 Å². The second-order valence-corrected chi connectivity index (χ2v) is 7.51. The normalized spacial score (nSPS) is 16.3. The Kier molecular flexibility index (Phi) is 5.52. The minimum Gasteiger partial charge on any atom is -0.317 e. The Morgan fingerprint density at radius 3 is 2.63 bits per heavy atom. The van der Waals surface area contributed by atoms with Gasteiger partial charge in [-0.1, -0.05) is 23.2 Å². The molecule has 0 saturated carbocycles. The van der Waals surface area contributed by atoms with Crippen LogP contribution < -0.4 is 5.32 Å². The lowest BCUT2D eigenvalue weighted by molar-refractivity contribution is 0.459. The molecule has 1 aliphatic rings. The zero-order chi connectivity index (χ0) is 12.5. The number of nitrogens with zero attached hydrogens (tertiary/aromatic N) is 1. The summed E-state index contributed by atoms with van der Waals surface area (Å²) in [6.45, 7) is 2.18. The van der Waals surface area contributed by atoms with Crippen LogP contribution in [0.3, 0.4) is 0 Å². The van der Waals surface area contributed by atoms with Gasteiger partial charge < -0.3 is 5.32 Å². The fraction of sp³-hybridized carbons (Fsp3) is 0.417.